The van der Waals surface area contributed by atoms with Crippen LogP contribution in [0.3, 0.4) is 0 Å². The van der Waals surface area contributed by atoms with Crippen molar-refractivity contribution in [3.8, 4) is 5.75 Å². The second-order valence-electron chi connectivity index (χ2n) is 11.1. The molecule has 0 unspecified atom stereocenters. The van der Waals surface area contributed by atoms with E-state index in [1.165, 1.54) is 25.3 Å². The van der Waals surface area contributed by atoms with Gasteiger partial charge < -0.3 is 57.2 Å². The summed E-state index contributed by atoms with van der Waals surface area (Å²) in [7, 11) is -0.374. The number of ether oxygens (including phenoxy) is 2. The maximum atomic E-state index is 12.6. The summed E-state index contributed by atoms with van der Waals surface area (Å²) in [6, 6.07) is 2.94. The van der Waals surface area contributed by atoms with Crippen LogP contribution >= 0.6 is 0 Å². The first-order chi connectivity index (χ1) is 22.7. The summed E-state index contributed by atoms with van der Waals surface area (Å²) in [4.78, 5) is 74.8. The van der Waals surface area contributed by atoms with Gasteiger partial charge in [0.15, 0.2) is 6.23 Å². The number of nitrogens with zero attached hydrogens (tertiary/aromatic N) is 1. The molecule has 20 heteroatoms. The van der Waals surface area contributed by atoms with Crippen LogP contribution in [0.5, 0.6) is 5.75 Å². The maximum absolute atomic E-state index is 12.6. The van der Waals surface area contributed by atoms with Gasteiger partial charge in [0.05, 0.1) is 18.7 Å². The van der Waals surface area contributed by atoms with Gasteiger partial charge in [-0.05, 0) is 43.3 Å². The molecule has 4 amide bonds. The highest BCUT2D eigenvalue weighted by molar-refractivity contribution is 6.58. The Hall–Kier alpha value is -4.60. The largest absolute Gasteiger partial charge is 0.496 e. The van der Waals surface area contributed by atoms with E-state index in [0.717, 1.165) is 16.8 Å². The number of methoxy groups -OCH3 is 1. The summed E-state index contributed by atoms with van der Waals surface area (Å²) in [6.45, 7) is -0.0217. The van der Waals surface area contributed by atoms with Gasteiger partial charge in [-0.15, -0.1) is 0 Å². The third-order valence-electron chi connectivity index (χ3n) is 7.62. The Kier molecular flexibility index (Phi) is 13.8. The van der Waals surface area contributed by atoms with Crippen LogP contribution in [0.2, 0.25) is 0 Å². The van der Waals surface area contributed by atoms with E-state index in [1.807, 2.05) is 4.98 Å². The third-order valence-corrected chi connectivity index (χ3v) is 7.62. The van der Waals surface area contributed by atoms with Gasteiger partial charge in [-0.3, -0.25) is 33.5 Å². The molecular formula is C28H40BN7O12. The zero-order valence-corrected chi connectivity index (χ0v) is 26.0. The lowest BCUT2D eigenvalue weighted by molar-refractivity contribution is -0.129. The Labute approximate surface area is 273 Å². The second kappa shape index (κ2) is 17.5. The van der Waals surface area contributed by atoms with Gasteiger partial charge in [0.25, 0.3) is 11.5 Å². The fraction of sp³-hybridized carbons (Fsp3) is 0.500. The number of carbonyl (C=O) groups is 4. The van der Waals surface area contributed by atoms with Crippen molar-refractivity contribution in [1.29, 1.82) is 0 Å². The minimum absolute atomic E-state index is 0.161. The average Bonchev–Trinajstić information content (AvgIpc) is 3.33. The number of unbranched alkanes of at least 4 members (excludes halogenated alkanes) is 1. The lowest BCUT2D eigenvalue weighted by atomic mass is 9.80. The summed E-state index contributed by atoms with van der Waals surface area (Å²) in [6.07, 6.45) is -3.67. The van der Waals surface area contributed by atoms with Crippen molar-refractivity contribution in [1.82, 2.24) is 25.5 Å². The van der Waals surface area contributed by atoms with Crippen molar-refractivity contribution in [2.75, 3.05) is 20.2 Å². The molecule has 12 N–H and O–H groups in total. The van der Waals surface area contributed by atoms with Gasteiger partial charge in [-0.25, -0.2) is 4.79 Å². The molecule has 3 rings (SSSR count). The van der Waals surface area contributed by atoms with E-state index in [2.05, 4.69) is 16.0 Å². The molecule has 1 aromatic carbocycles. The van der Waals surface area contributed by atoms with Gasteiger partial charge in [0, 0.05) is 31.8 Å². The first-order valence-corrected chi connectivity index (χ1v) is 15.0. The molecule has 6 atom stereocenters. The van der Waals surface area contributed by atoms with Gasteiger partial charge in [-0.1, -0.05) is 6.07 Å². The minimum atomic E-state index is -1.72. The van der Waals surface area contributed by atoms with Crippen LogP contribution < -0.4 is 48.9 Å². The van der Waals surface area contributed by atoms with Crippen molar-refractivity contribution in [3.63, 3.8) is 0 Å². The van der Waals surface area contributed by atoms with Gasteiger partial charge in [0.2, 0.25) is 17.7 Å². The number of amides is 4. The zero-order valence-electron chi connectivity index (χ0n) is 26.0. The number of aliphatic hydroxyl groups is 2. The third kappa shape index (κ3) is 10.2. The van der Waals surface area contributed by atoms with Crippen molar-refractivity contribution < 1.29 is 48.9 Å². The van der Waals surface area contributed by atoms with Crippen molar-refractivity contribution in [2.24, 2.45) is 11.5 Å². The Bertz CT molecular complexity index is 1570. The van der Waals surface area contributed by atoms with Gasteiger partial charge in [-0.2, -0.15) is 0 Å². The van der Waals surface area contributed by atoms with Crippen LogP contribution in [0.1, 0.15) is 48.7 Å². The van der Waals surface area contributed by atoms with Crippen LogP contribution in [0, 0.1) is 0 Å². The van der Waals surface area contributed by atoms with E-state index in [9.17, 15) is 49.0 Å². The maximum Gasteiger partial charge on any atom is 0.488 e. The minimum Gasteiger partial charge on any atom is -0.496 e. The number of rotatable bonds is 17. The number of aromatic nitrogens is 2. The van der Waals surface area contributed by atoms with Crippen molar-refractivity contribution in [3.05, 3.63) is 56.9 Å². The number of primary amides is 1. The van der Waals surface area contributed by atoms with E-state index in [1.54, 1.807) is 0 Å². The number of nitrogens with two attached hydrogens (primary N) is 2. The fourth-order valence-electron chi connectivity index (χ4n) is 4.87. The molecule has 1 aromatic heterocycles. The molecule has 0 aliphatic carbocycles. The number of benzene rings is 1. The van der Waals surface area contributed by atoms with Gasteiger partial charge in [0.1, 0.15) is 30.1 Å². The normalized spacial score (nSPS) is 20.0. The Morgan fingerprint density at radius 2 is 1.81 bits per heavy atom. The summed E-state index contributed by atoms with van der Waals surface area (Å²) >= 11 is 0. The van der Waals surface area contributed by atoms with E-state index < -0.39 is 78.6 Å². The summed E-state index contributed by atoms with van der Waals surface area (Å²) < 4.78 is 11.6. The lowest BCUT2D eigenvalue weighted by Crippen LogP contribution is -2.50. The summed E-state index contributed by atoms with van der Waals surface area (Å²) in [5.74, 6) is -2.43. The average molecular weight is 677 g/mol. The van der Waals surface area contributed by atoms with E-state index in [0.29, 0.717) is 12.8 Å². The molecular weight excluding hydrogens is 637 g/mol. The highest BCUT2D eigenvalue weighted by Crippen LogP contribution is 2.27. The molecule has 2 heterocycles. The molecule has 2 aromatic rings. The predicted molar refractivity (Wildman–Crippen MR) is 168 cm³/mol. The number of nitrogens with one attached hydrogen (secondary N) is 4. The van der Waals surface area contributed by atoms with Gasteiger partial charge >= 0.3 is 12.8 Å². The summed E-state index contributed by atoms with van der Waals surface area (Å²) in [5, 5.41) is 46.8. The number of hydrogen-bond donors (Lipinski definition) is 10. The molecule has 1 fully saturated rings. The molecule has 0 bridgehead atoms. The zero-order chi connectivity index (χ0) is 35.5. The number of carbonyl (C=O) groups excluding carboxylic acids is 4. The first-order valence-electron chi connectivity index (χ1n) is 15.0. The van der Waals surface area contributed by atoms with Crippen LogP contribution in [-0.2, 0) is 19.1 Å². The Balaban J connectivity index is 1.38. The highest BCUT2D eigenvalue weighted by Gasteiger charge is 2.44. The quantitative estimate of drug-likeness (QED) is 0.0553. The number of H-pyrrole nitrogens is 1. The van der Waals surface area contributed by atoms with Crippen LogP contribution in [0.25, 0.3) is 0 Å². The molecule has 19 nitrogen and oxygen atoms in total. The van der Waals surface area contributed by atoms with Crippen molar-refractivity contribution in [2.45, 2.75) is 68.7 Å². The van der Waals surface area contributed by atoms with Crippen LogP contribution in [0.15, 0.2) is 40.1 Å². The Morgan fingerprint density at radius 1 is 1.08 bits per heavy atom. The molecule has 1 saturated heterocycles. The molecule has 48 heavy (non-hydrogen) atoms. The number of aromatic amines is 1. The molecule has 0 spiro atoms. The Morgan fingerprint density at radius 3 is 2.46 bits per heavy atom. The lowest BCUT2D eigenvalue weighted by Gasteiger charge is -2.19. The smallest absolute Gasteiger partial charge is 0.488 e. The molecule has 262 valence electrons. The SMILES string of the molecule is COc1cc(B(O)O)ccc1C(=O)NCCCC[C@H](N)C(=O)N[C@@H](CCC(=O)NC[C@H]1O[C@@H](n2ccc(=O)[nH]c2=O)[C@H](O)[C@@H]1O)C(N)=O. The monoisotopic (exact) mass is 677 g/mol. The number of aliphatic hydroxyl groups excluding tert-OH is 2. The topological polar surface area (TPSA) is 311 Å². The standard InChI is InChI=1S/C28H40BN7O12/c1-47-18-12-14(29(45)46)5-6-15(18)25(42)32-10-3-2-4-16(30)26(43)34-17(24(31)41)7-8-20(37)33-13-19-22(39)23(40)27(48-19)36-11-9-21(38)35-28(36)44/h5-6,9,11-12,16-17,19,22-23,27,39-40,45-46H,2-4,7-8,10,13,30H2,1H3,(H2,31,41)(H,32,42)(H,33,37)(H,34,43)(H,35,38,44)/t16-,17-,19+,22+,23+,27+/m0/s1. The van der Waals surface area contributed by atoms with E-state index >= 15 is 0 Å². The van der Waals surface area contributed by atoms with Crippen molar-refractivity contribution >= 4 is 36.2 Å². The first kappa shape index (κ1) is 37.9. The van der Waals surface area contributed by atoms with E-state index in [4.69, 9.17) is 20.9 Å². The predicted octanol–water partition coefficient (Wildman–Crippen LogP) is -5.36. The highest BCUT2D eigenvalue weighted by atomic mass is 16.6. The molecule has 0 radical (unpaired) electrons. The molecule has 0 saturated carbocycles. The molecule has 1 aliphatic rings. The van der Waals surface area contributed by atoms with E-state index in [-0.39, 0.29) is 49.1 Å². The molecule has 1 aliphatic heterocycles. The summed E-state index contributed by atoms with van der Waals surface area (Å²) in [5.41, 5.74) is 10.2. The fourth-order valence-corrected chi connectivity index (χ4v) is 4.87. The second-order valence-corrected chi connectivity index (χ2v) is 11.1. The van der Waals surface area contributed by atoms with Crippen LogP contribution in [0.4, 0.5) is 0 Å². The van der Waals surface area contributed by atoms with Crippen LogP contribution in [-0.4, -0.2) is 111 Å². The number of hydrogen-bond acceptors (Lipinski definition) is 13.